The molecular weight excluding hydrogens is 188 g/mol. The molecule has 15 heavy (non-hydrogen) atoms. The average molecular weight is 206 g/mol. The SMILES string of the molecule is CCc1cccc(C(C)(C)C(=O)OC)c1. The second-order valence-electron chi connectivity index (χ2n) is 4.17. The highest BCUT2D eigenvalue weighted by molar-refractivity contribution is 5.82. The second-order valence-corrected chi connectivity index (χ2v) is 4.17. The van der Waals surface area contributed by atoms with Crippen molar-refractivity contribution in [3.8, 4) is 0 Å². The normalized spacial score (nSPS) is 11.2. The first kappa shape index (κ1) is 11.8. The summed E-state index contributed by atoms with van der Waals surface area (Å²) in [5.74, 6) is -0.198. The van der Waals surface area contributed by atoms with Crippen molar-refractivity contribution in [3.63, 3.8) is 0 Å². The fourth-order valence-electron chi connectivity index (χ4n) is 1.55. The molecular formula is C13H18O2. The summed E-state index contributed by atoms with van der Waals surface area (Å²) in [5, 5.41) is 0. The predicted molar refractivity (Wildman–Crippen MR) is 60.9 cm³/mol. The van der Waals surface area contributed by atoms with Crippen molar-refractivity contribution in [1.82, 2.24) is 0 Å². The molecule has 0 saturated carbocycles. The molecule has 0 aliphatic rings. The quantitative estimate of drug-likeness (QED) is 0.711. The fraction of sp³-hybridized carbons (Fsp3) is 0.462. The van der Waals surface area contributed by atoms with Crippen molar-refractivity contribution in [3.05, 3.63) is 35.4 Å². The van der Waals surface area contributed by atoms with Gasteiger partial charge in [0.05, 0.1) is 12.5 Å². The standard InChI is InChI=1S/C13H18O2/c1-5-10-7-6-8-11(9-10)13(2,3)12(14)15-4/h6-9H,5H2,1-4H3. The zero-order valence-electron chi connectivity index (χ0n) is 9.83. The van der Waals surface area contributed by atoms with Crippen molar-refractivity contribution in [2.45, 2.75) is 32.6 Å². The first-order valence-electron chi connectivity index (χ1n) is 5.20. The molecule has 1 aromatic carbocycles. The van der Waals surface area contributed by atoms with Crippen LogP contribution in [-0.2, 0) is 21.4 Å². The first-order valence-corrected chi connectivity index (χ1v) is 5.20. The zero-order chi connectivity index (χ0) is 11.5. The van der Waals surface area contributed by atoms with E-state index in [9.17, 15) is 4.79 Å². The largest absolute Gasteiger partial charge is 0.468 e. The monoisotopic (exact) mass is 206 g/mol. The smallest absolute Gasteiger partial charge is 0.315 e. The highest BCUT2D eigenvalue weighted by Gasteiger charge is 2.30. The number of benzene rings is 1. The van der Waals surface area contributed by atoms with E-state index >= 15 is 0 Å². The molecule has 0 aliphatic heterocycles. The van der Waals surface area contributed by atoms with E-state index in [2.05, 4.69) is 19.1 Å². The maximum Gasteiger partial charge on any atom is 0.315 e. The lowest BCUT2D eigenvalue weighted by Crippen LogP contribution is -2.30. The van der Waals surface area contributed by atoms with Gasteiger partial charge >= 0.3 is 5.97 Å². The number of esters is 1. The van der Waals surface area contributed by atoms with Crippen LogP contribution >= 0.6 is 0 Å². The summed E-state index contributed by atoms with van der Waals surface area (Å²) in [6, 6.07) is 8.09. The van der Waals surface area contributed by atoms with Gasteiger partial charge in [0.1, 0.15) is 0 Å². The number of hydrogen-bond donors (Lipinski definition) is 0. The van der Waals surface area contributed by atoms with Crippen LogP contribution in [0.15, 0.2) is 24.3 Å². The van der Waals surface area contributed by atoms with Crippen LogP contribution in [0.25, 0.3) is 0 Å². The molecule has 0 atom stereocenters. The van der Waals surface area contributed by atoms with Gasteiger partial charge in [0.15, 0.2) is 0 Å². The maximum atomic E-state index is 11.6. The zero-order valence-corrected chi connectivity index (χ0v) is 9.83. The van der Waals surface area contributed by atoms with Crippen LogP contribution in [-0.4, -0.2) is 13.1 Å². The Morgan fingerprint density at radius 2 is 2.07 bits per heavy atom. The number of carbonyl (C=O) groups is 1. The molecule has 2 nitrogen and oxygen atoms in total. The minimum Gasteiger partial charge on any atom is -0.468 e. The summed E-state index contributed by atoms with van der Waals surface area (Å²) in [6.45, 7) is 5.87. The number of ether oxygens (including phenoxy) is 1. The van der Waals surface area contributed by atoms with Gasteiger partial charge in [-0.3, -0.25) is 4.79 Å². The second kappa shape index (κ2) is 4.47. The van der Waals surface area contributed by atoms with Gasteiger partial charge in [-0.25, -0.2) is 0 Å². The molecule has 82 valence electrons. The Hall–Kier alpha value is -1.31. The molecule has 0 unspecified atom stereocenters. The van der Waals surface area contributed by atoms with E-state index in [1.807, 2.05) is 26.0 Å². The van der Waals surface area contributed by atoms with Crippen LogP contribution in [0.3, 0.4) is 0 Å². The molecule has 0 spiro atoms. The number of hydrogen-bond acceptors (Lipinski definition) is 2. The van der Waals surface area contributed by atoms with Gasteiger partial charge < -0.3 is 4.74 Å². The van der Waals surface area contributed by atoms with Gasteiger partial charge in [-0.15, -0.1) is 0 Å². The molecule has 0 amide bonds. The van der Waals surface area contributed by atoms with Crippen LogP contribution in [0, 0.1) is 0 Å². The van der Waals surface area contributed by atoms with E-state index in [-0.39, 0.29) is 5.97 Å². The van der Waals surface area contributed by atoms with E-state index in [4.69, 9.17) is 4.74 Å². The van der Waals surface area contributed by atoms with E-state index in [1.54, 1.807) is 0 Å². The third-order valence-corrected chi connectivity index (χ3v) is 2.75. The summed E-state index contributed by atoms with van der Waals surface area (Å²) in [6.07, 6.45) is 0.977. The number of rotatable bonds is 3. The van der Waals surface area contributed by atoms with E-state index in [0.29, 0.717) is 0 Å². The van der Waals surface area contributed by atoms with Gasteiger partial charge in [-0.05, 0) is 31.4 Å². The Balaban J connectivity index is 3.09. The molecule has 0 bridgehead atoms. The summed E-state index contributed by atoms with van der Waals surface area (Å²) in [7, 11) is 1.42. The number of aryl methyl sites for hydroxylation is 1. The molecule has 0 aromatic heterocycles. The lowest BCUT2D eigenvalue weighted by atomic mass is 9.84. The average Bonchev–Trinajstić information content (AvgIpc) is 2.27. The molecule has 2 heteroatoms. The van der Waals surface area contributed by atoms with Gasteiger partial charge in [-0.1, -0.05) is 31.2 Å². The maximum absolute atomic E-state index is 11.6. The number of methoxy groups -OCH3 is 1. The number of carbonyl (C=O) groups excluding carboxylic acids is 1. The summed E-state index contributed by atoms with van der Waals surface area (Å²) in [5.41, 5.74) is 1.68. The first-order chi connectivity index (χ1) is 7.02. The van der Waals surface area contributed by atoms with E-state index < -0.39 is 5.41 Å². The van der Waals surface area contributed by atoms with Crippen LogP contribution in [0.1, 0.15) is 31.9 Å². The third-order valence-electron chi connectivity index (χ3n) is 2.75. The van der Waals surface area contributed by atoms with Crippen molar-refractivity contribution in [2.75, 3.05) is 7.11 Å². The van der Waals surface area contributed by atoms with Crippen molar-refractivity contribution in [2.24, 2.45) is 0 Å². The van der Waals surface area contributed by atoms with E-state index in [0.717, 1.165) is 12.0 Å². The lowest BCUT2D eigenvalue weighted by Gasteiger charge is -2.22. The molecule has 0 fully saturated rings. The Bertz CT molecular complexity index is 353. The minimum atomic E-state index is -0.570. The molecule has 0 N–H and O–H groups in total. The third kappa shape index (κ3) is 2.38. The highest BCUT2D eigenvalue weighted by Crippen LogP contribution is 2.25. The molecule has 0 radical (unpaired) electrons. The van der Waals surface area contributed by atoms with Crippen molar-refractivity contribution < 1.29 is 9.53 Å². The van der Waals surface area contributed by atoms with Crippen LogP contribution in [0.2, 0.25) is 0 Å². The molecule has 1 aromatic rings. The fourth-order valence-corrected chi connectivity index (χ4v) is 1.55. The Kier molecular flexibility index (Phi) is 3.51. The van der Waals surface area contributed by atoms with Crippen LogP contribution in [0.4, 0.5) is 0 Å². The van der Waals surface area contributed by atoms with E-state index in [1.165, 1.54) is 12.7 Å². The van der Waals surface area contributed by atoms with Crippen molar-refractivity contribution >= 4 is 5.97 Å². The Labute approximate surface area is 91.3 Å². The van der Waals surface area contributed by atoms with Gasteiger partial charge in [-0.2, -0.15) is 0 Å². The minimum absolute atomic E-state index is 0.198. The van der Waals surface area contributed by atoms with Gasteiger partial charge in [0, 0.05) is 0 Å². The topological polar surface area (TPSA) is 26.3 Å². The summed E-state index contributed by atoms with van der Waals surface area (Å²) in [4.78, 5) is 11.6. The summed E-state index contributed by atoms with van der Waals surface area (Å²) >= 11 is 0. The highest BCUT2D eigenvalue weighted by atomic mass is 16.5. The lowest BCUT2D eigenvalue weighted by molar-refractivity contribution is -0.146. The van der Waals surface area contributed by atoms with Crippen LogP contribution < -0.4 is 0 Å². The Morgan fingerprint density at radius 3 is 2.60 bits per heavy atom. The Morgan fingerprint density at radius 1 is 1.40 bits per heavy atom. The molecule has 0 saturated heterocycles. The van der Waals surface area contributed by atoms with Gasteiger partial charge in [0.2, 0.25) is 0 Å². The predicted octanol–water partition coefficient (Wildman–Crippen LogP) is 2.70. The van der Waals surface area contributed by atoms with Gasteiger partial charge in [0.25, 0.3) is 0 Å². The summed E-state index contributed by atoms with van der Waals surface area (Å²) < 4.78 is 4.80. The van der Waals surface area contributed by atoms with Crippen molar-refractivity contribution in [1.29, 1.82) is 0 Å². The van der Waals surface area contributed by atoms with Crippen LogP contribution in [0.5, 0.6) is 0 Å². The molecule has 0 aliphatic carbocycles. The molecule has 1 rings (SSSR count). The molecule has 0 heterocycles.